The van der Waals surface area contributed by atoms with Gasteiger partial charge < -0.3 is 15.3 Å². The fourth-order valence-electron chi connectivity index (χ4n) is 1.15. The minimum absolute atomic E-state index is 0.145. The van der Waals surface area contributed by atoms with Crippen LogP contribution in [0.25, 0.3) is 0 Å². The quantitative estimate of drug-likeness (QED) is 0.621. The summed E-state index contributed by atoms with van der Waals surface area (Å²) >= 11 is 0. The van der Waals surface area contributed by atoms with Crippen LogP contribution >= 0.6 is 0 Å². The van der Waals surface area contributed by atoms with Crippen LogP contribution in [0, 0.1) is 0 Å². The second-order valence-corrected chi connectivity index (χ2v) is 3.76. The van der Waals surface area contributed by atoms with Crippen molar-refractivity contribution in [2.75, 3.05) is 27.2 Å². The number of amides is 1. The van der Waals surface area contributed by atoms with Crippen LogP contribution in [0.4, 0.5) is 0 Å². The van der Waals surface area contributed by atoms with E-state index in [-0.39, 0.29) is 12.5 Å². The molecular weight excluding hydrogens is 180 g/mol. The molecule has 0 aromatic carbocycles. The van der Waals surface area contributed by atoms with Crippen molar-refractivity contribution >= 4 is 5.91 Å². The summed E-state index contributed by atoms with van der Waals surface area (Å²) in [6.45, 7) is 3.02. The van der Waals surface area contributed by atoms with Gasteiger partial charge >= 0.3 is 0 Å². The Kier molecular flexibility index (Phi) is 7.42. The highest BCUT2D eigenvalue weighted by Crippen LogP contribution is 1.95. The lowest BCUT2D eigenvalue weighted by Crippen LogP contribution is -2.31. The van der Waals surface area contributed by atoms with Crippen molar-refractivity contribution < 1.29 is 9.90 Å². The molecular formula is C10H22N2O2. The third kappa shape index (κ3) is 6.86. The maximum atomic E-state index is 11.2. The van der Waals surface area contributed by atoms with E-state index in [1.54, 1.807) is 19.0 Å². The molecule has 1 amide bonds. The predicted octanol–water partition coefficient (Wildman–Crippen LogP) is 0.215. The zero-order chi connectivity index (χ0) is 11.0. The summed E-state index contributed by atoms with van der Waals surface area (Å²) in [6, 6.07) is 0.372. The standard InChI is InChI=1S/C10H22N2O2/c1-9(5-4-8-13)11-7-6-10(14)12(2)3/h9,11,13H,4-8H2,1-3H3. The molecule has 4 nitrogen and oxygen atoms in total. The molecule has 1 unspecified atom stereocenters. The van der Waals surface area contributed by atoms with Gasteiger partial charge in [0.2, 0.25) is 5.91 Å². The van der Waals surface area contributed by atoms with E-state index in [0.717, 1.165) is 12.8 Å². The molecule has 0 aromatic rings. The topological polar surface area (TPSA) is 52.6 Å². The van der Waals surface area contributed by atoms with Gasteiger partial charge in [-0.1, -0.05) is 0 Å². The predicted molar refractivity (Wildman–Crippen MR) is 57.1 cm³/mol. The first kappa shape index (κ1) is 13.4. The molecule has 0 rings (SSSR count). The first-order valence-corrected chi connectivity index (χ1v) is 5.12. The Bertz CT molecular complexity index is 160. The van der Waals surface area contributed by atoms with Gasteiger partial charge in [-0.15, -0.1) is 0 Å². The Morgan fingerprint density at radius 2 is 2.14 bits per heavy atom. The highest BCUT2D eigenvalue weighted by atomic mass is 16.2. The Hall–Kier alpha value is -0.610. The van der Waals surface area contributed by atoms with Crippen LogP contribution in [-0.2, 0) is 4.79 Å². The summed E-state index contributed by atoms with van der Waals surface area (Å²) < 4.78 is 0. The van der Waals surface area contributed by atoms with E-state index in [0.29, 0.717) is 19.0 Å². The lowest BCUT2D eigenvalue weighted by Gasteiger charge is -2.14. The van der Waals surface area contributed by atoms with E-state index in [1.807, 2.05) is 0 Å². The van der Waals surface area contributed by atoms with Gasteiger partial charge in [0.15, 0.2) is 0 Å². The van der Waals surface area contributed by atoms with Crippen molar-refractivity contribution in [3.63, 3.8) is 0 Å². The minimum atomic E-state index is 0.145. The number of nitrogens with zero attached hydrogens (tertiary/aromatic N) is 1. The Morgan fingerprint density at radius 1 is 1.50 bits per heavy atom. The largest absolute Gasteiger partial charge is 0.396 e. The molecule has 0 fully saturated rings. The second-order valence-electron chi connectivity index (χ2n) is 3.76. The highest BCUT2D eigenvalue weighted by molar-refractivity contribution is 5.75. The molecule has 0 aliphatic heterocycles. The number of rotatable bonds is 7. The average Bonchev–Trinajstić information content (AvgIpc) is 2.14. The summed E-state index contributed by atoms with van der Waals surface area (Å²) in [5.41, 5.74) is 0. The van der Waals surface area contributed by atoms with E-state index >= 15 is 0 Å². The van der Waals surface area contributed by atoms with Crippen molar-refractivity contribution in [3.8, 4) is 0 Å². The van der Waals surface area contributed by atoms with Crippen LogP contribution in [0.2, 0.25) is 0 Å². The lowest BCUT2D eigenvalue weighted by atomic mass is 10.2. The van der Waals surface area contributed by atoms with Gasteiger partial charge in [-0.25, -0.2) is 0 Å². The summed E-state index contributed by atoms with van der Waals surface area (Å²) in [5.74, 6) is 0.145. The molecule has 0 bridgehead atoms. The fraction of sp³-hybridized carbons (Fsp3) is 0.900. The first-order chi connectivity index (χ1) is 6.57. The highest BCUT2D eigenvalue weighted by Gasteiger charge is 2.05. The second kappa shape index (κ2) is 7.76. The molecule has 0 spiro atoms. The number of carbonyl (C=O) groups excluding carboxylic acids is 1. The molecule has 0 saturated carbocycles. The monoisotopic (exact) mass is 202 g/mol. The van der Waals surface area contributed by atoms with Gasteiger partial charge in [0.05, 0.1) is 0 Å². The van der Waals surface area contributed by atoms with Crippen molar-refractivity contribution in [1.82, 2.24) is 10.2 Å². The summed E-state index contributed by atoms with van der Waals surface area (Å²) in [7, 11) is 3.52. The number of hydrogen-bond donors (Lipinski definition) is 2. The molecule has 84 valence electrons. The molecule has 0 aromatic heterocycles. The number of aliphatic hydroxyl groups excluding tert-OH is 1. The van der Waals surface area contributed by atoms with Crippen LogP contribution in [0.1, 0.15) is 26.2 Å². The van der Waals surface area contributed by atoms with E-state index in [9.17, 15) is 4.79 Å². The first-order valence-electron chi connectivity index (χ1n) is 5.12. The zero-order valence-corrected chi connectivity index (χ0v) is 9.42. The molecule has 0 heterocycles. The number of carbonyl (C=O) groups is 1. The zero-order valence-electron chi connectivity index (χ0n) is 9.42. The molecule has 0 radical (unpaired) electrons. The SMILES string of the molecule is CC(CCCO)NCCC(=O)N(C)C. The van der Waals surface area contributed by atoms with Crippen molar-refractivity contribution in [3.05, 3.63) is 0 Å². The number of aliphatic hydroxyl groups is 1. The molecule has 0 aliphatic carbocycles. The average molecular weight is 202 g/mol. The molecule has 4 heteroatoms. The minimum Gasteiger partial charge on any atom is -0.396 e. The number of hydrogen-bond acceptors (Lipinski definition) is 3. The van der Waals surface area contributed by atoms with Crippen molar-refractivity contribution in [2.24, 2.45) is 0 Å². The van der Waals surface area contributed by atoms with Crippen molar-refractivity contribution in [1.29, 1.82) is 0 Å². The van der Waals surface area contributed by atoms with Gasteiger partial charge in [-0.2, -0.15) is 0 Å². The lowest BCUT2D eigenvalue weighted by molar-refractivity contribution is -0.128. The van der Waals surface area contributed by atoms with E-state index in [2.05, 4.69) is 12.2 Å². The summed E-state index contributed by atoms with van der Waals surface area (Å²) in [6.07, 6.45) is 2.30. The fourth-order valence-corrected chi connectivity index (χ4v) is 1.15. The Morgan fingerprint density at radius 3 is 2.64 bits per heavy atom. The number of nitrogens with one attached hydrogen (secondary N) is 1. The van der Waals surface area contributed by atoms with Crippen LogP contribution < -0.4 is 5.32 Å². The third-order valence-corrected chi connectivity index (χ3v) is 2.13. The van der Waals surface area contributed by atoms with Crippen LogP contribution in [0.15, 0.2) is 0 Å². The van der Waals surface area contributed by atoms with Gasteiger partial charge in [-0.3, -0.25) is 4.79 Å². The maximum Gasteiger partial charge on any atom is 0.223 e. The molecule has 14 heavy (non-hydrogen) atoms. The van der Waals surface area contributed by atoms with Crippen molar-refractivity contribution in [2.45, 2.75) is 32.2 Å². The summed E-state index contributed by atoms with van der Waals surface area (Å²) in [4.78, 5) is 12.8. The van der Waals surface area contributed by atoms with Gasteiger partial charge in [0.25, 0.3) is 0 Å². The third-order valence-electron chi connectivity index (χ3n) is 2.13. The molecule has 0 saturated heterocycles. The van der Waals surface area contributed by atoms with Gasteiger partial charge in [-0.05, 0) is 19.8 Å². The maximum absolute atomic E-state index is 11.2. The van der Waals surface area contributed by atoms with Crippen LogP contribution in [0.3, 0.4) is 0 Å². The van der Waals surface area contributed by atoms with Gasteiger partial charge in [0.1, 0.15) is 0 Å². The molecule has 2 N–H and O–H groups in total. The van der Waals surface area contributed by atoms with Crippen LogP contribution in [-0.4, -0.2) is 49.2 Å². The Balaban J connectivity index is 3.39. The smallest absolute Gasteiger partial charge is 0.223 e. The summed E-state index contributed by atoms with van der Waals surface area (Å²) in [5, 5.41) is 11.9. The Labute approximate surface area is 86.3 Å². The van der Waals surface area contributed by atoms with E-state index in [4.69, 9.17) is 5.11 Å². The molecule has 0 aliphatic rings. The van der Waals surface area contributed by atoms with Gasteiger partial charge in [0, 0.05) is 39.7 Å². The molecule has 1 atom stereocenters. The van der Waals surface area contributed by atoms with E-state index < -0.39 is 0 Å². The van der Waals surface area contributed by atoms with Crippen LogP contribution in [0.5, 0.6) is 0 Å². The van der Waals surface area contributed by atoms with E-state index in [1.165, 1.54) is 0 Å². The normalized spacial score (nSPS) is 12.6.